The molecule has 0 saturated carbocycles. The molecular formula is C22H31N3O6. The largest absolute Gasteiger partial charge is 0.480 e. The lowest BCUT2D eigenvalue weighted by atomic mass is 10.0. The zero-order chi connectivity index (χ0) is 23.0. The van der Waals surface area contributed by atoms with Crippen LogP contribution in [0.1, 0.15) is 32.8 Å². The van der Waals surface area contributed by atoms with Crippen molar-refractivity contribution in [3.63, 3.8) is 0 Å². The van der Waals surface area contributed by atoms with E-state index in [0.717, 1.165) is 5.56 Å². The maximum absolute atomic E-state index is 12.9. The lowest BCUT2D eigenvalue weighted by molar-refractivity contribution is -0.144. The molecule has 0 spiro atoms. The van der Waals surface area contributed by atoms with Gasteiger partial charge in [-0.1, -0.05) is 44.2 Å². The van der Waals surface area contributed by atoms with Gasteiger partial charge in [0, 0.05) is 39.5 Å². The maximum atomic E-state index is 12.9. The average molecular weight is 434 g/mol. The van der Waals surface area contributed by atoms with Gasteiger partial charge in [0.1, 0.15) is 6.04 Å². The van der Waals surface area contributed by atoms with E-state index in [1.807, 2.05) is 44.2 Å². The molecule has 0 aromatic heterocycles. The zero-order valence-electron chi connectivity index (χ0n) is 18.2. The van der Waals surface area contributed by atoms with Crippen molar-refractivity contribution in [3.05, 3.63) is 35.9 Å². The Hall–Kier alpha value is -3.10. The van der Waals surface area contributed by atoms with Crippen molar-refractivity contribution in [2.24, 2.45) is 5.92 Å². The van der Waals surface area contributed by atoms with Crippen LogP contribution in [0.5, 0.6) is 0 Å². The maximum Gasteiger partial charge on any atom is 0.410 e. The Kier molecular flexibility index (Phi) is 8.84. The fraction of sp³-hybridized carbons (Fsp3) is 0.545. The van der Waals surface area contributed by atoms with Crippen molar-refractivity contribution in [3.8, 4) is 0 Å². The molecule has 2 N–H and O–H groups in total. The quantitative estimate of drug-likeness (QED) is 0.642. The Labute approximate surface area is 182 Å². The van der Waals surface area contributed by atoms with Crippen LogP contribution < -0.4 is 5.32 Å². The van der Waals surface area contributed by atoms with Gasteiger partial charge in [-0.2, -0.15) is 0 Å². The number of rotatable bonds is 8. The van der Waals surface area contributed by atoms with Crippen molar-refractivity contribution in [1.82, 2.24) is 15.1 Å². The summed E-state index contributed by atoms with van der Waals surface area (Å²) in [5.41, 5.74) is 0.785. The predicted molar refractivity (Wildman–Crippen MR) is 113 cm³/mol. The topological polar surface area (TPSA) is 116 Å². The first-order chi connectivity index (χ1) is 14.7. The number of ether oxygens (including phenoxy) is 1. The van der Waals surface area contributed by atoms with Gasteiger partial charge in [-0.15, -0.1) is 0 Å². The van der Waals surface area contributed by atoms with Crippen molar-refractivity contribution < 1.29 is 29.0 Å². The zero-order valence-corrected chi connectivity index (χ0v) is 18.2. The second kappa shape index (κ2) is 11.3. The molecule has 1 heterocycles. The molecule has 31 heavy (non-hydrogen) atoms. The van der Waals surface area contributed by atoms with Crippen LogP contribution >= 0.6 is 0 Å². The summed E-state index contributed by atoms with van der Waals surface area (Å²) in [5.74, 6) is -1.77. The highest BCUT2D eigenvalue weighted by Gasteiger charge is 2.31. The van der Waals surface area contributed by atoms with E-state index < -0.39 is 30.1 Å². The minimum absolute atomic E-state index is 0.0563. The van der Waals surface area contributed by atoms with Gasteiger partial charge in [-0.25, -0.2) is 9.59 Å². The molecule has 2 rings (SSSR count). The van der Waals surface area contributed by atoms with Crippen molar-refractivity contribution >= 4 is 23.9 Å². The number of carboxylic acid groups (broad SMARTS) is 1. The summed E-state index contributed by atoms with van der Waals surface area (Å²) in [5, 5.41) is 11.9. The molecule has 170 valence electrons. The van der Waals surface area contributed by atoms with Crippen LogP contribution in [0, 0.1) is 5.92 Å². The van der Waals surface area contributed by atoms with E-state index in [2.05, 4.69) is 5.32 Å². The molecular weight excluding hydrogens is 402 g/mol. The molecule has 0 aliphatic carbocycles. The molecule has 9 heteroatoms. The fourth-order valence-electron chi connectivity index (χ4n) is 3.37. The molecule has 1 aromatic rings. The fourth-order valence-corrected chi connectivity index (χ4v) is 3.37. The van der Waals surface area contributed by atoms with Gasteiger partial charge >= 0.3 is 12.1 Å². The first-order valence-electron chi connectivity index (χ1n) is 10.5. The smallest absolute Gasteiger partial charge is 0.410 e. The number of nitrogens with zero attached hydrogens (tertiary/aromatic N) is 2. The Bertz CT molecular complexity index is 775. The molecule has 1 aliphatic heterocycles. The molecule has 3 amide bonds. The van der Waals surface area contributed by atoms with E-state index in [1.165, 1.54) is 11.8 Å². The van der Waals surface area contributed by atoms with Crippen LogP contribution in [0.3, 0.4) is 0 Å². The summed E-state index contributed by atoms with van der Waals surface area (Å²) >= 11 is 0. The van der Waals surface area contributed by atoms with Crippen molar-refractivity contribution in [2.75, 3.05) is 26.2 Å². The number of piperazine rings is 1. The highest BCUT2D eigenvalue weighted by Crippen LogP contribution is 2.12. The third-order valence-corrected chi connectivity index (χ3v) is 5.10. The summed E-state index contributed by atoms with van der Waals surface area (Å²) in [7, 11) is 0. The Balaban J connectivity index is 2.09. The van der Waals surface area contributed by atoms with E-state index in [0.29, 0.717) is 26.2 Å². The van der Waals surface area contributed by atoms with Gasteiger partial charge in [-0.3, -0.25) is 9.59 Å². The van der Waals surface area contributed by atoms with Gasteiger partial charge in [0.2, 0.25) is 5.91 Å². The summed E-state index contributed by atoms with van der Waals surface area (Å²) in [4.78, 5) is 51.7. The number of benzene rings is 1. The van der Waals surface area contributed by atoms with E-state index in [9.17, 15) is 24.3 Å². The molecule has 9 nitrogen and oxygen atoms in total. The number of carbonyl (C=O) groups is 4. The summed E-state index contributed by atoms with van der Waals surface area (Å²) in [6.07, 6.45) is -1.44. The number of amides is 3. The number of aliphatic carboxylic acids is 1. The molecule has 0 radical (unpaired) electrons. The molecule has 2 unspecified atom stereocenters. The molecule has 1 fully saturated rings. The lowest BCUT2D eigenvalue weighted by Gasteiger charge is -2.34. The normalized spacial score (nSPS) is 15.9. The Morgan fingerprint density at radius 1 is 1.03 bits per heavy atom. The van der Waals surface area contributed by atoms with Crippen LogP contribution in [-0.4, -0.2) is 77.1 Å². The van der Waals surface area contributed by atoms with Gasteiger partial charge in [0.15, 0.2) is 6.10 Å². The summed E-state index contributed by atoms with van der Waals surface area (Å²) < 4.78 is 5.52. The second-order valence-corrected chi connectivity index (χ2v) is 8.08. The van der Waals surface area contributed by atoms with E-state index in [-0.39, 0.29) is 24.7 Å². The molecule has 1 aliphatic rings. The van der Waals surface area contributed by atoms with Crippen LogP contribution in [0.15, 0.2) is 30.3 Å². The standard InChI is InChI=1S/C22H31N3O6/c1-15(2)13-18(21(28)29)23-20(27)19(14-17-7-5-4-6-8-17)31-22(30)25-11-9-24(10-12-25)16(3)26/h4-8,15,18-19H,9-14H2,1-3H3,(H,23,27)(H,28,29). The van der Waals surface area contributed by atoms with E-state index in [1.54, 1.807) is 4.90 Å². The van der Waals surface area contributed by atoms with Gasteiger partial charge in [0.05, 0.1) is 0 Å². The van der Waals surface area contributed by atoms with Gasteiger partial charge < -0.3 is 25.0 Å². The number of hydrogen-bond acceptors (Lipinski definition) is 5. The Morgan fingerprint density at radius 2 is 1.61 bits per heavy atom. The summed E-state index contributed by atoms with van der Waals surface area (Å²) in [6.45, 7) is 6.62. The molecule has 2 atom stereocenters. The van der Waals surface area contributed by atoms with E-state index >= 15 is 0 Å². The first-order valence-corrected chi connectivity index (χ1v) is 10.5. The minimum atomic E-state index is -1.17. The predicted octanol–water partition coefficient (Wildman–Crippen LogP) is 1.51. The third kappa shape index (κ3) is 7.58. The van der Waals surface area contributed by atoms with Crippen molar-refractivity contribution in [1.29, 1.82) is 0 Å². The third-order valence-electron chi connectivity index (χ3n) is 5.10. The number of nitrogens with one attached hydrogen (secondary N) is 1. The molecule has 1 aromatic carbocycles. The van der Waals surface area contributed by atoms with Crippen LogP contribution in [0.4, 0.5) is 4.79 Å². The van der Waals surface area contributed by atoms with E-state index in [4.69, 9.17) is 4.74 Å². The molecule has 0 bridgehead atoms. The van der Waals surface area contributed by atoms with Gasteiger partial charge in [0.25, 0.3) is 5.91 Å². The highest BCUT2D eigenvalue weighted by atomic mass is 16.6. The molecule has 1 saturated heterocycles. The lowest BCUT2D eigenvalue weighted by Crippen LogP contribution is -2.52. The number of hydrogen-bond donors (Lipinski definition) is 2. The first kappa shape index (κ1) is 24.2. The van der Waals surface area contributed by atoms with Crippen molar-refractivity contribution in [2.45, 2.75) is 45.8 Å². The van der Waals surface area contributed by atoms with Crippen LogP contribution in [0.2, 0.25) is 0 Å². The average Bonchev–Trinajstić information content (AvgIpc) is 2.73. The van der Waals surface area contributed by atoms with Gasteiger partial charge in [-0.05, 0) is 17.9 Å². The number of carboxylic acids is 1. The second-order valence-electron chi connectivity index (χ2n) is 8.08. The summed E-state index contributed by atoms with van der Waals surface area (Å²) in [6, 6.07) is 8.01. The highest BCUT2D eigenvalue weighted by molar-refractivity contribution is 5.88. The SMILES string of the molecule is CC(=O)N1CCN(C(=O)OC(Cc2ccccc2)C(=O)NC(CC(C)C)C(=O)O)CC1. The number of carbonyl (C=O) groups excluding carboxylic acids is 3. The van der Waals surface area contributed by atoms with Crippen LogP contribution in [0.25, 0.3) is 0 Å². The van der Waals surface area contributed by atoms with Crippen LogP contribution in [-0.2, 0) is 25.5 Å². The minimum Gasteiger partial charge on any atom is -0.480 e. The monoisotopic (exact) mass is 433 g/mol. The Morgan fingerprint density at radius 3 is 2.13 bits per heavy atom.